The Hall–Kier alpha value is -2.02. The van der Waals surface area contributed by atoms with Crippen LogP contribution in [0.25, 0.3) is 0 Å². The van der Waals surface area contributed by atoms with Gasteiger partial charge in [0.25, 0.3) is 0 Å². The summed E-state index contributed by atoms with van der Waals surface area (Å²) in [5.41, 5.74) is 1.16. The van der Waals surface area contributed by atoms with Crippen LogP contribution in [0.15, 0.2) is 12.1 Å². The van der Waals surface area contributed by atoms with Crippen molar-refractivity contribution in [2.45, 2.75) is 57.2 Å². The van der Waals surface area contributed by atoms with Crippen LogP contribution in [0.4, 0.5) is 5.82 Å². The van der Waals surface area contributed by atoms with Crippen molar-refractivity contribution in [2.24, 2.45) is 0 Å². The van der Waals surface area contributed by atoms with Crippen LogP contribution >= 0.6 is 0 Å². The van der Waals surface area contributed by atoms with E-state index >= 15 is 0 Å². The van der Waals surface area contributed by atoms with Gasteiger partial charge in [0.15, 0.2) is 5.82 Å². The highest BCUT2D eigenvalue weighted by atomic mass is 15.4. The SMILES string of the molecule is CN(Cc1nnc2n1CCCC2)C1CN(c2ccc(C3CC3)nn2)C1. The van der Waals surface area contributed by atoms with Crippen LogP contribution in [0.1, 0.15) is 48.9 Å². The van der Waals surface area contributed by atoms with E-state index in [1.165, 1.54) is 25.7 Å². The van der Waals surface area contributed by atoms with Crippen LogP contribution in [-0.4, -0.2) is 56.0 Å². The fraction of sp³-hybridized carbons (Fsp3) is 0.667. The predicted octanol–water partition coefficient (Wildman–Crippen LogP) is 1.60. The maximum atomic E-state index is 4.42. The first-order chi connectivity index (χ1) is 12.3. The van der Waals surface area contributed by atoms with Gasteiger partial charge >= 0.3 is 0 Å². The molecule has 0 amide bonds. The largest absolute Gasteiger partial charge is 0.352 e. The lowest BCUT2D eigenvalue weighted by Gasteiger charge is -2.44. The molecule has 1 saturated carbocycles. The molecule has 0 unspecified atom stereocenters. The Morgan fingerprint density at radius 1 is 1.08 bits per heavy atom. The van der Waals surface area contributed by atoms with Crippen LogP contribution < -0.4 is 4.90 Å². The van der Waals surface area contributed by atoms with Gasteiger partial charge in [-0.05, 0) is 44.9 Å². The quantitative estimate of drug-likeness (QED) is 0.825. The molecule has 2 aliphatic heterocycles. The Labute approximate surface area is 148 Å². The van der Waals surface area contributed by atoms with Gasteiger partial charge in [-0.15, -0.1) is 15.3 Å². The fourth-order valence-corrected chi connectivity index (χ4v) is 3.86. The van der Waals surface area contributed by atoms with Gasteiger partial charge in [-0.1, -0.05) is 0 Å². The summed E-state index contributed by atoms with van der Waals surface area (Å²) < 4.78 is 2.32. The zero-order valence-electron chi connectivity index (χ0n) is 14.8. The van der Waals surface area contributed by atoms with Gasteiger partial charge in [0, 0.05) is 38.0 Å². The second-order valence-electron chi connectivity index (χ2n) is 7.71. The first-order valence-electron chi connectivity index (χ1n) is 9.48. The summed E-state index contributed by atoms with van der Waals surface area (Å²) in [5.74, 6) is 3.96. The topological polar surface area (TPSA) is 63.0 Å². The molecule has 132 valence electrons. The van der Waals surface area contributed by atoms with Crippen LogP contribution in [0.3, 0.4) is 0 Å². The molecule has 0 N–H and O–H groups in total. The van der Waals surface area contributed by atoms with Gasteiger partial charge in [-0.25, -0.2) is 0 Å². The molecule has 1 aliphatic carbocycles. The Morgan fingerprint density at radius 3 is 2.72 bits per heavy atom. The monoisotopic (exact) mass is 339 g/mol. The molecule has 2 aromatic heterocycles. The average molecular weight is 339 g/mol. The lowest BCUT2D eigenvalue weighted by molar-refractivity contribution is 0.189. The molecule has 7 heteroatoms. The molecule has 0 atom stereocenters. The van der Waals surface area contributed by atoms with E-state index in [1.54, 1.807) is 0 Å². The summed E-state index contributed by atoms with van der Waals surface area (Å²) in [6.45, 7) is 3.97. The van der Waals surface area contributed by atoms with Gasteiger partial charge in [-0.3, -0.25) is 4.90 Å². The summed E-state index contributed by atoms with van der Waals surface area (Å²) in [4.78, 5) is 4.71. The molecule has 4 heterocycles. The van der Waals surface area contributed by atoms with Gasteiger partial charge < -0.3 is 9.47 Å². The van der Waals surface area contributed by atoms with Gasteiger partial charge in [-0.2, -0.15) is 5.10 Å². The molecule has 1 saturated heterocycles. The average Bonchev–Trinajstić information content (AvgIpc) is 3.37. The lowest BCUT2D eigenvalue weighted by atomic mass is 10.1. The third-order valence-electron chi connectivity index (χ3n) is 5.80. The van der Waals surface area contributed by atoms with Crippen molar-refractivity contribution in [2.75, 3.05) is 25.0 Å². The summed E-state index contributed by atoms with van der Waals surface area (Å²) in [5, 5.41) is 17.6. The lowest BCUT2D eigenvalue weighted by Crippen LogP contribution is -2.58. The predicted molar refractivity (Wildman–Crippen MR) is 94.4 cm³/mol. The summed E-state index contributed by atoms with van der Waals surface area (Å²) >= 11 is 0. The van der Waals surface area contributed by atoms with E-state index in [4.69, 9.17) is 0 Å². The molecule has 2 aromatic rings. The van der Waals surface area contributed by atoms with E-state index in [2.05, 4.69) is 53.9 Å². The van der Waals surface area contributed by atoms with Gasteiger partial charge in [0.1, 0.15) is 11.6 Å². The molecule has 3 aliphatic rings. The first-order valence-corrected chi connectivity index (χ1v) is 9.48. The van der Waals surface area contributed by atoms with Crippen molar-refractivity contribution in [3.8, 4) is 0 Å². The number of nitrogens with zero attached hydrogens (tertiary/aromatic N) is 7. The van der Waals surface area contributed by atoms with Crippen LogP contribution in [0.5, 0.6) is 0 Å². The number of rotatable bonds is 5. The first kappa shape index (κ1) is 15.3. The molecule has 7 nitrogen and oxygen atoms in total. The fourth-order valence-electron chi connectivity index (χ4n) is 3.86. The molecule has 0 bridgehead atoms. The maximum Gasteiger partial charge on any atom is 0.151 e. The standard InChI is InChI=1S/C18H25N7/c1-23(12-18-22-21-17-4-2-3-9-25(17)18)14-10-24(11-14)16-8-7-15(19-20-16)13-5-6-13/h7-8,13-14H,2-6,9-12H2,1H3. The van der Waals surface area contributed by atoms with E-state index in [9.17, 15) is 0 Å². The van der Waals surface area contributed by atoms with Crippen molar-refractivity contribution in [1.29, 1.82) is 0 Å². The number of hydrogen-bond acceptors (Lipinski definition) is 6. The summed E-state index contributed by atoms with van der Waals surface area (Å²) in [6, 6.07) is 4.83. The van der Waals surface area contributed by atoms with Crippen molar-refractivity contribution in [3.63, 3.8) is 0 Å². The third-order valence-corrected chi connectivity index (χ3v) is 5.80. The second kappa shape index (κ2) is 6.05. The minimum absolute atomic E-state index is 0.543. The highest BCUT2D eigenvalue weighted by Gasteiger charge is 2.32. The molecule has 5 rings (SSSR count). The number of hydrogen-bond donors (Lipinski definition) is 0. The Balaban J connectivity index is 1.18. The number of likely N-dealkylation sites (N-methyl/N-ethyl adjacent to an activating group) is 1. The van der Waals surface area contributed by atoms with E-state index in [0.29, 0.717) is 12.0 Å². The second-order valence-corrected chi connectivity index (χ2v) is 7.71. The molecule has 0 aromatic carbocycles. The van der Waals surface area contributed by atoms with Gasteiger partial charge in [0.05, 0.1) is 12.2 Å². The number of aromatic nitrogens is 5. The molecular formula is C18H25N7. The van der Waals surface area contributed by atoms with E-state index in [0.717, 1.165) is 55.8 Å². The number of fused-ring (bicyclic) bond motifs is 1. The third kappa shape index (κ3) is 2.90. The Morgan fingerprint density at radius 2 is 1.96 bits per heavy atom. The molecule has 2 fully saturated rings. The molecule has 0 radical (unpaired) electrons. The van der Waals surface area contributed by atoms with Crippen molar-refractivity contribution < 1.29 is 0 Å². The van der Waals surface area contributed by atoms with E-state index in [-0.39, 0.29) is 0 Å². The highest BCUT2D eigenvalue weighted by Crippen LogP contribution is 2.38. The van der Waals surface area contributed by atoms with Crippen molar-refractivity contribution in [3.05, 3.63) is 29.5 Å². The van der Waals surface area contributed by atoms with E-state index < -0.39 is 0 Å². The molecular weight excluding hydrogens is 314 g/mol. The molecule has 25 heavy (non-hydrogen) atoms. The van der Waals surface area contributed by atoms with Crippen LogP contribution in [-0.2, 0) is 19.5 Å². The minimum Gasteiger partial charge on any atom is -0.352 e. The van der Waals surface area contributed by atoms with Crippen molar-refractivity contribution >= 4 is 5.82 Å². The summed E-state index contributed by atoms with van der Waals surface area (Å²) in [7, 11) is 2.19. The van der Waals surface area contributed by atoms with Crippen LogP contribution in [0, 0.1) is 0 Å². The Kier molecular flexibility index (Phi) is 3.69. The normalized spacial score (nSPS) is 20.6. The van der Waals surface area contributed by atoms with Gasteiger partial charge in [0.2, 0.25) is 0 Å². The minimum atomic E-state index is 0.543. The zero-order chi connectivity index (χ0) is 16.8. The van der Waals surface area contributed by atoms with E-state index in [1.807, 2.05) is 0 Å². The number of aryl methyl sites for hydroxylation is 1. The maximum absolute atomic E-state index is 4.42. The molecule has 0 spiro atoms. The van der Waals surface area contributed by atoms with Crippen LogP contribution in [0.2, 0.25) is 0 Å². The highest BCUT2D eigenvalue weighted by molar-refractivity contribution is 5.42. The Bertz CT molecular complexity index is 743. The summed E-state index contributed by atoms with van der Waals surface area (Å²) in [6.07, 6.45) is 6.11. The van der Waals surface area contributed by atoms with Crippen molar-refractivity contribution in [1.82, 2.24) is 29.9 Å². The zero-order valence-corrected chi connectivity index (χ0v) is 14.8. The smallest absolute Gasteiger partial charge is 0.151 e. The number of anilines is 1.